The number of aromatic nitrogens is 1. The first kappa shape index (κ1) is 13.1. The molecule has 2 N–H and O–H groups in total. The maximum absolute atomic E-state index is 12.6. The smallest absolute Gasteiger partial charge is 0.255 e. The van der Waals surface area contributed by atoms with E-state index in [0.29, 0.717) is 12.1 Å². The predicted molar refractivity (Wildman–Crippen MR) is 79.6 cm³/mol. The molecular weight excluding hydrogens is 250 g/mol. The topological polar surface area (TPSA) is 59.2 Å². The highest BCUT2D eigenvalue weighted by molar-refractivity contribution is 5.98. The molecule has 1 atom stereocenters. The SMILES string of the molecule is Cc1nc2ccccc2cc1C(=O)N1CCC[C@@H](N)C1. The number of para-hydroxylation sites is 1. The standard InChI is InChI=1S/C16H19N3O/c1-11-14(9-12-5-2-3-7-15(12)18-11)16(20)19-8-4-6-13(17)10-19/h2-3,5,7,9,13H,4,6,8,10,17H2,1H3/t13-/m1/s1. The summed E-state index contributed by atoms with van der Waals surface area (Å²) in [4.78, 5) is 19.0. The van der Waals surface area contributed by atoms with Crippen LogP contribution in [0.25, 0.3) is 10.9 Å². The van der Waals surface area contributed by atoms with Crippen LogP contribution < -0.4 is 5.73 Å². The lowest BCUT2D eigenvalue weighted by molar-refractivity contribution is 0.0708. The van der Waals surface area contributed by atoms with Crippen LogP contribution >= 0.6 is 0 Å². The number of carbonyl (C=O) groups is 1. The largest absolute Gasteiger partial charge is 0.337 e. The van der Waals surface area contributed by atoms with E-state index in [-0.39, 0.29) is 11.9 Å². The van der Waals surface area contributed by atoms with Gasteiger partial charge in [-0.2, -0.15) is 0 Å². The average molecular weight is 269 g/mol. The van der Waals surface area contributed by atoms with Crippen LogP contribution in [0.15, 0.2) is 30.3 Å². The first-order chi connectivity index (χ1) is 9.65. The van der Waals surface area contributed by atoms with E-state index in [2.05, 4.69) is 4.98 Å². The molecule has 20 heavy (non-hydrogen) atoms. The van der Waals surface area contributed by atoms with E-state index < -0.39 is 0 Å². The molecule has 0 radical (unpaired) electrons. The Hall–Kier alpha value is -1.94. The Morgan fingerprint density at radius 3 is 3.00 bits per heavy atom. The van der Waals surface area contributed by atoms with Gasteiger partial charge >= 0.3 is 0 Å². The van der Waals surface area contributed by atoms with Crippen molar-refractivity contribution < 1.29 is 4.79 Å². The van der Waals surface area contributed by atoms with Crippen LogP contribution in [-0.4, -0.2) is 34.9 Å². The second-order valence-electron chi connectivity index (χ2n) is 5.47. The molecule has 0 aliphatic carbocycles. The molecule has 2 aromatic rings. The zero-order valence-corrected chi connectivity index (χ0v) is 11.7. The minimum atomic E-state index is 0.0518. The highest BCUT2D eigenvalue weighted by Gasteiger charge is 2.23. The van der Waals surface area contributed by atoms with Crippen LogP contribution in [0.5, 0.6) is 0 Å². The van der Waals surface area contributed by atoms with E-state index in [0.717, 1.165) is 36.0 Å². The maximum Gasteiger partial charge on any atom is 0.255 e. The van der Waals surface area contributed by atoms with Crippen molar-refractivity contribution in [1.29, 1.82) is 0 Å². The van der Waals surface area contributed by atoms with E-state index in [1.54, 1.807) is 0 Å². The Morgan fingerprint density at radius 2 is 2.20 bits per heavy atom. The van der Waals surface area contributed by atoms with Gasteiger partial charge in [0, 0.05) is 24.5 Å². The molecule has 0 unspecified atom stereocenters. The normalized spacial score (nSPS) is 19.3. The van der Waals surface area contributed by atoms with Crippen LogP contribution in [0.3, 0.4) is 0 Å². The third kappa shape index (κ3) is 2.39. The average Bonchev–Trinajstić information content (AvgIpc) is 2.46. The van der Waals surface area contributed by atoms with E-state index in [4.69, 9.17) is 5.73 Å². The Kier molecular flexibility index (Phi) is 3.40. The van der Waals surface area contributed by atoms with E-state index >= 15 is 0 Å². The van der Waals surface area contributed by atoms with Crippen molar-refractivity contribution in [2.24, 2.45) is 5.73 Å². The summed E-state index contributed by atoms with van der Waals surface area (Å²) in [5.41, 5.74) is 8.37. The molecule has 2 heterocycles. The summed E-state index contributed by atoms with van der Waals surface area (Å²) >= 11 is 0. The lowest BCUT2D eigenvalue weighted by Gasteiger charge is -2.31. The number of amides is 1. The summed E-state index contributed by atoms with van der Waals surface area (Å²) in [6.45, 7) is 3.33. The predicted octanol–water partition coefficient (Wildman–Crippen LogP) is 2.11. The van der Waals surface area contributed by atoms with Crippen LogP contribution in [0, 0.1) is 6.92 Å². The van der Waals surface area contributed by atoms with Crippen molar-refractivity contribution in [3.8, 4) is 0 Å². The Bertz CT molecular complexity index is 653. The van der Waals surface area contributed by atoms with Gasteiger partial charge in [0.1, 0.15) is 0 Å². The zero-order valence-electron chi connectivity index (χ0n) is 11.7. The zero-order chi connectivity index (χ0) is 14.1. The molecule has 1 amide bonds. The van der Waals surface area contributed by atoms with Gasteiger partial charge in [-0.1, -0.05) is 18.2 Å². The van der Waals surface area contributed by atoms with Gasteiger partial charge in [0.15, 0.2) is 0 Å². The van der Waals surface area contributed by atoms with E-state index in [9.17, 15) is 4.79 Å². The van der Waals surface area contributed by atoms with Gasteiger partial charge in [-0.25, -0.2) is 0 Å². The lowest BCUT2D eigenvalue weighted by atomic mass is 10.0. The van der Waals surface area contributed by atoms with Crippen molar-refractivity contribution >= 4 is 16.8 Å². The molecule has 0 saturated carbocycles. The molecule has 104 valence electrons. The molecule has 1 aromatic carbocycles. The van der Waals surface area contributed by atoms with Crippen molar-refractivity contribution in [3.05, 3.63) is 41.6 Å². The van der Waals surface area contributed by atoms with Gasteiger partial charge in [0.05, 0.1) is 16.8 Å². The molecule has 0 spiro atoms. The quantitative estimate of drug-likeness (QED) is 0.862. The highest BCUT2D eigenvalue weighted by atomic mass is 16.2. The number of hydrogen-bond acceptors (Lipinski definition) is 3. The number of aryl methyl sites for hydroxylation is 1. The van der Waals surface area contributed by atoms with E-state index in [1.165, 1.54) is 0 Å². The Labute approximate surface area is 118 Å². The summed E-state index contributed by atoms with van der Waals surface area (Å²) in [6.07, 6.45) is 1.98. The monoisotopic (exact) mass is 269 g/mol. The minimum absolute atomic E-state index is 0.0518. The number of fused-ring (bicyclic) bond motifs is 1. The number of pyridine rings is 1. The second-order valence-corrected chi connectivity index (χ2v) is 5.47. The molecule has 4 nitrogen and oxygen atoms in total. The first-order valence-corrected chi connectivity index (χ1v) is 7.06. The number of nitrogens with two attached hydrogens (primary N) is 1. The van der Waals surface area contributed by atoms with Crippen LogP contribution in [0.4, 0.5) is 0 Å². The number of nitrogens with zero attached hydrogens (tertiary/aromatic N) is 2. The number of hydrogen-bond donors (Lipinski definition) is 1. The summed E-state index contributed by atoms with van der Waals surface area (Å²) in [7, 11) is 0. The van der Waals surface area contributed by atoms with Crippen LogP contribution in [0.2, 0.25) is 0 Å². The van der Waals surface area contributed by atoms with Gasteiger partial charge in [-0.15, -0.1) is 0 Å². The van der Waals surface area contributed by atoms with Gasteiger partial charge in [-0.3, -0.25) is 9.78 Å². The summed E-state index contributed by atoms with van der Waals surface area (Å²) in [5, 5.41) is 1.00. The molecular formula is C16H19N3O. The van der Waals surface area contributed by atoms with Crippen LogP contribution in [-0.2, 0) is 0 Å². The second kappa shape index (κ2) is 5.21. The van der Waals surface area contributed by atoms with Crippen molar-refractivity contribution in [1.82, 2.24) is 9.88 Å². The highest BCUT2D eigenvalue weighted by Crippen LogP contribution is 2.19. The maximum atomic E-state index is 12.6. The molecule has 1 aromatic heterocycles. The molecule has 0 bridgehead atoms. The summed E-state index contributed by atoms with van der Waals surface area (Å²) < 4.78 is 0. The number of rotatable bonds is 1. The summed E-state index contributed by atoms with van der Waals surface area (Å²) in [5.74, 6) is 0.0518. The minimum Gasteiger partial charge on any atom is -0.337 e. The number of likely N-dealkylation sites (tertiary alicyclic amines) is 1. The van der Waals surface area contributed by atoms with Crippen molar-refractivity contribution in [3.63, 3.8) is 0 Å². The van der Waals surface area contributed by atoms with Crippen LogP contribution in [0.1, 0.15) is 28.9 Å². The van der Waals surface area contributed by atoms with Gasteiger partial charge in [0.2, 0.25) is 0 Å². The molecule has 1 saturated heterocycles. The van der Waals surface area contributed by atoms with Crippen molar-refractivity contribution in [2.45, 2.75) is 25.8 Å². The van der Waals surface area contributed by atoms with E-state index in [1.807, 2.05) is 42.2 Å². The fourth-order valence-corrected chi connectivity index (χ4v) is 2.79. The third-order valence-corrected chi connectivity index (χ3v) is 3.89. The molecule has 3 rings (SSSR count). The Morgan fingerprint density at radius 1 is 1.40 bits per heavy atom. The molecule has 1 fully saturated rings. The third-order valence-electron chi connectivity index (χ3n) is 3.89. The molecule has 1 aliphatic heterocycles. The van der Waals surface area contributed by atoms with Gasteiger partial charge in [0.25, 0.3) is 5.91 Å². The Balaban J connectivity index is 1.96. The molecule has 4 heteroatoms. The number of piperidine rings is 1. The first-order valence-electron chi connectivity index (χ1n) is 7.06. The van der Waals surface area contributed by atoms with Gasteiger partial charge in [-0.05, 0) is 31.9 Å². The molecule has 1 aliphatic rings. The van der Waals surface area contributed by atoms with Gasteiger partial charge < -0.3 is 10.6 Å². The fourth-order valence-electron chi connectivity index (χ4n) is 2.79. The lowest BCUT2D eigenvalue weighted by Crippen LogP contribution is -2.45. The number of benzene rings is 1. The van der Waals surface area contributed by atoms with Crippen molar-refractivity contribution in [2.75, 3.05) is 13.1 Å². The summed E-state index contributed by atoms with van der Waals surface area (Å²) in [6, 6.07) is 9.92. The fraction of sp³-hybridized carbons (Fsp3) is 0.375. The number of carbonyl (C=O) groups excluding carboxylic acids is 1.